The van der Waals surface area contributed by atoms with Crippen molar-refractivity contribution in [1.82, 2.24) is 0 Å². The molecule has 1 unspecified atom stereocenters. The number of hydrogen-bond donors (Lipinski definition) is 0. The highest BCUT2D eigenvalue weighted by molar-refractivity contribution is 6.05. The quantitative estimate of drug-likeness (QED) is 0.694. The van der Waals surface area contributed by atoms with Gasteiger partial charge < -0.3 is 9.64 Å². The van der Waals surface area contributed by atoms with Crippen LogP contribution in [-0.2, 0) is 0 Å². The Hall–Kier alpha value is -1.65. The molecule has 1 aromatic carbocycles. The molecule has 3 rings (SSSR count). The summed E-state index contributed by atoms with van der Waals surface area (Å²) in [4.78, 5) is 13.6. The molecule has 0 spiro atoms. The molecule has 0 aliphatic carbocycles. The number of Topliss-reactive ketones (excluding diaryl/α,β-unsaturated/α-hetero) is 1. The SMILES string of the molecule is CC1COc2c(F)c(F)cc3c2N1CCC3=O. The van der Waals surface area contributed by atoms with E-state index in [0.29, 0.717) is 25.3 Å². The maximum absolute atomic E-state index is 13.6. The standard InChI is InChI=1S/C12H11F2NO2/c1-6-5-17-12-10(14)8(13)4-7-9(16)2-3-15(6)11(7)12/h4,6H,2-3,5H2,1H3. The molecule has 0 fully saturated rings. The first kappa shape index (κ1) is 10.5. The lowest BCUT2D eigenvalue weighted by molar-refractivity contribution is 0.0973. The maximum atomic E-state index is 13.6. The van der Waals surface area contributed by atoms with Gasteiger partial charge in [-0.05, 0) is 13.0 Å². The molecule has 1 atom stereocenters. The van der Waals surface area contributed by atoms with Crippen molar-refractivity contribution in [3.05, 3.63) is 23.3 Å². The average molecular weight is 239 g/mol. The van der Waals surface area contributed by atoms with Crippen LogP contribution < -0.4 is 9.64 Å². The number of halogens is 2. The summed E-state index contributed by atoms with van der Waals surface area (Å²) in [5, 5.41) is 0. The summed E-state index contributed by atoms with van der Waals surface area (Å²) in [6.07, 6.45) is 0.335. The van der Waals surface area contributed by atoms with E-state index < -0.39 is 11.6 Å². The Labute approximate surface area is 97.0 Å². The van der Waals surface area contributed by atoms with E-state index in [1.165, 1.54) is 0 Å². The number of ether oxygens (including phenoxy) is 1. The number of carbonyl (C=O) groups excluding carboxylic acids is 1. The van der Waals surface area contributed by atoms with E-state index in [-0.39, 0.29) is 23.1 Å². The van der Waals surface area contributed by atoms with Crippen LogP contribution >= 0.6 is 0 Å². The van der Waals surface area contributed by atoms with E-state index in [9.17, 15) is 13.6 Å². The first-order valence-electron chi connectivity index (χ1n) is 5.54. The van der Waals surface area contributed by atoms with Gasteiger partial charge in [-0.25, -0.2) is 4.39 Å². The molecule has 2 aliphatic heterocycles. The largest absolute Gasteiger partial charge is 0.486 e. The molecule has 5 heteroatoms. The van der Waals surface area contributed by atoms with Crippen LogP contribution in [0.3, 0.4) is 0 Å². The Kier molecular flexibility index (Phi) is 2.11. The topological polar surface area (TPSA) is 29.5 Å². The van der Waals surface area contributed by atoms with Gasteiger partial charge in [0.15, 0.2) is 17.3 Å². The molecule has 0 amide bonds. The van der Waals surface area contributed by atoms with Gasteiger partial charge in [0, 0.05) is 18.5 Å². The zero-order valence-corrected chi connectivity index (χ0v) is 9.30. The first-order valence-corrected chi connectivity index (χ1v) is 5.54. The molecule has 0 saturated carbocycles. The van der Waals surface area contributed by atoms with E-state index in [2.05, 4.69) is 0 Å². The molecule has 17 heavy (non-hydrogen) atoms. The van der Waals surface area contributed by atoms with Crippen molar-refractivity contribution in [3.8, 4) is 5.75 Å². The number of nitrogens with zero attached hydrogens (tertiary/aromatic N) is 1. The van der Waals surface area contributed by atoms with Crippen LogP contribution in [0.2, 0.25) is 0 Å². The van der Waals surface area contributed by atoms with Crippen LogP contribution in [0.4, 0.5) is 14.5 Å². The van der Waals surface area contributed by atoms with Crippen LogP contribution in [0.25, 0.3) is 0 Å². The summed E-state index contributed by atoms with van der Waals surface area (Å²) in [7, 11) is 0. The summed E-state index contributed by atoms with van der Waals surface area (Å²) in [5.74, 6) is -2.31. The van der Waals surface area contributed by atoms with Crippen LogP contribution in [-0.4, -0.2) is 25.0 Å². The average Bonchev–Trinajstić information content (AvgIpc) is 2.31. The van der Waals surface area contributed by atoms with Crippen molar-refractivity contribution in [2.45, 2.75) is 19.4 Å². The Balaban J connectivity index is 2.30. The lowest BCUT2D eigenvalue weighted by Crippen LogP contribution is -2.45. The highest BCUT2D eigenvalue weighted by Gasteiger charge is 2.36. The lowest BCUT2D eigenvalue weighted by Gasteiger charge is -2.40. The number of rotatable bonds is 0. The van der Waals surface area contributed by atoms with Gasteiger partial charge in [0.25, 0.3) is 0 Å². The maximum Gasteiger partial charge on any atom is 0.202 e. The molecule has 1 aromatic rings. The van der Waals surface area contributed by atoms with Gasteiger partial charge in [0.05, 0.1) is 11.7 Å². The van der Waals surface area contributed by atoms with E-state index in [1.54, 1.807) is 0 Å². The van der Waals surface area contributed by atoms with Crippen molar-refractivity contribution in [1.29, 1.82) is 0 Å². The Morgan fingerprint density at radius 2 is 2.24 bits per heavy atom. The zero-order chi connectivity index (χ0) is 12.2. The normalized spacial score (nSPS) is 22.2. The highest BCUT2D eigenvalue weighted by Crippen LogP contribution is 2.42. The van der Waals surface area contributed by atoms with Crippen molar-refractivity contribution >= 4 is 11.5 Å². The molecular weight excluding hydrogens is 228 g/mol. The monoisotopic (exact) mass is 239 g/mol. The molecule has 0 N–H and O–H groups in total. The van der Waals surface area contributed by atoms with Gasteiger partial charge in [-0.3, -0.25) is 4.79 Å². The van der Waals surface area contributed by atoms with E-state index in [1.807, 2.05) is 11.8 Å². The molecule has 0 radical (unpaired) electrons. The van der Waals surface area contributed by atoms with E-state index >= 15 is 0 Å². The van der Waals surface area contributed by atoms with Crippen LogP contribution in [0.15, 0.2) is 6.07 Å². The fraction of sp³-hybridized carbons (Fsp3) is 0.417. The third kappa shape index (κ3) is 1.34. The van der Waals surface area contributed by atoms with Gasteiger partial charge in [-0.15, -0.1) is 0 Å². The highest BCUT2D eigenvalue weighted by atomic mass is 19.2. The Morgan fingerprint density at radius 3 is 3.00 bits per heavy atom. The Bertz CT molecular complexity index is 516. The van der Waals surface area contributed by atoms with Gasteiger partial charge >= 0.3 is 0 Å². The summed E-state index contributed by atoms with van der Waals surface area (Å²) >= 11 is 0. The van der Waals surface area contributed by atoms with Crippen LogP contribution in [0.5, 0.6) is 5.75 Å². The summed E-state index contributed by atoms with van der Waals surface area (Å²) in [6.45, 7) is 2.78. The van der Waals surface area contributed by atoms with Crippen molar-refractivity contribution in [2.75, 3.05) is 18.1 Å². The first-order chi connectivity index (χ1) is 8.09. The molecular formula is C12H11F2NO2. The molecule has 0 bridgehead atoms. The summed E-state index contributed by atoms with van der Waals surface area (Å²) in [6, 6.07) is 1.04. The van der Waals surface area contributed by atoms with Gasteiger partial charge in [0.2, 0.25) is 5.82 Å². The fourth-order valence-electron chi connectivity index (χ4n) is 2.43. The molecule has 3 nitrogen and oxygen atoms in total. The van der Waals surface area contributed by atoms with E-state index in [0.717, 1.165) is 6.07 Å². The molecule has 2 heterocycles. The zero-order valence-electron chi connectivity index (χ0n) is 9.30. The minimum Gasteiger partial charge on any atom is -0.486 e. The lowest BCUT2D eigenvalue weighted by atomic mass is 9.96. The fourth-order valence-corrected chi connectivity index (χ4v) is 2.43. The van der Waals surface area contributed by atoms with Crippen molar-refractivity contribution in [2.24, 2.45) is 0 Å². The third-order valence-corrected chi connectivity index (χ3v) is 3.32. The van der Waals surface area contributed by atoms with Gasteiger partial charge in [-0.1, -0.05) is 0 Å². The molecule has 0 saturated heterocycles. The summed E-state index contributed by atoms with van der Waals surface area (Å²) in [5.41, 5.74) is 0.649. The smallest absolute Gasteiger partial charge is 0.202 e. The second-order valence-corrected chi connectivity index (χ2v) is 4.42. The number of ketones is 1. The van der Waals surface area contributed by atoms with Crippen molar-refractivity contribution in [3.63, 3.8) is 0 Å². The minimum atomic E-state index is -1.02. The summed E-state index contributed by atoms with van der Waals surface area (Å²) < 4.78 is 32.2. The van der Waals surface area contributed by atoms with Crippen LogP contribution in [0, 0.1) is 11.6 Å². The third-order valence-electron chi connectivity index (χ3n) is 3.32. The molecule has 2 aliphatic rings. The van der Waals surface area contributed by atoms with Crippen molar-refractivity contribution < 1.29 is 18.3 Å². The predicted molar refractivity (Wildman–Crippen MR) is 57.6 cm³/mol. The second kappa shape index (κ2) is 3.42. The predicted octanol–water partition coefficient (Wildman–Crippen LogP) is 2.14. The Morgan fingerprint density at radius 1 is 1.47 bits per heavy atom. The van der Waals surface area contributed by atoms with Crippen LogP contribution in [0.1, 0.15) is 23.7 Å². The second-order valence-electron chi connectivity index (χ2n) is 4.42. The number of anilines is 1. The number of hydrogen-bond acceptors (Lipinski definition) is 3. The number of benzene rings is 1. The van der Waals surface area contributed by atoms with Gasteiger partial charge in [-0.2, -0.15) is 4.39 Å². The van der Waals surface area contributed by atoms with Gasteiger partial charge in [0.1, 0.15) is 6.61 Å². The van der Waals surface area contributed by atoms with E-state index in [4.69, 9.17) is 4.74 Å². The molecule has 0 aromatic heterocycles. The number of carbonyl (C=O) groups is 1. The minimum absolute atomic E-state index is 0.0687. The molecule has 90 valence electrons.